The second kappa shape index (κ2) is 7.76. The van der Waals surface area contributed by atoms with Crippen LogP contribution in [0.15, 0.2) is 60.4 Å². The molecule has 152 valence electrons. The highest BCUT2D eigenvalue weighted by Crippen LogP contribution is 2.23. The minimum atomic E-state index is -1.76. The molecule has 1 saturated heterocycles. The van der Waals surface area contributed by atoms with Gasteiger partial charge < -0.3 is 9.45 Å². The average molecular weight is 422 g/mol. The Balaban J connectivity index is 1.34. The Kier molecular flexibility index (Phi) is 4.81. The van der Waals surface area contributed by atoms with Gasteiger partial charge in [0.25, 0.3) is 5.91 Å². The maximum absolute atomic E-state index is 12.8. The summed E-state index contributed by atoms with van der Waals surface area (Å²) in [5.74, 6) is 0.0823. The van der Waals surface area contributed by atoms with Crippen LogP contribution in [0.1, 0.15) is 23.2 Å². The van der Waals surface area contributed by atoms with Gasteiger partial charge in [-0.15, -0.1) is 0 Å². The molecular formula is C19H18N8O2S. The van der Waals surface area contributed by atoms with E-state index < -0.39 is 17.3 Å². The van der Waals surface area contributed by atoms with Crippen molar-refractivity contribution < 1.29 is 9.35 Å². The summed E-state index contributed by atoms with van der Waals surface area (Å²) >= 11 is -1.76. The van der Waals surface area contributed by atoms with Gasteiger partial charge in [-0.2, -0.15) is 14.9 Å². The molecule has 4 aromatic heterocycles. The lowest BCUT2D eigenvalue weighted by Crippen LogP contribution is -2.30. The lowest BCUT2D eigenvalue weighted by Gasteiger charge is -2.17. The first kappa shape index (κ1) is 18.6. The molecule has 0 aromatic carbocycles. The van der Waals surface area contributed by atoms with E-state index in [4.69, 9.17) is 0 Å². The summed E-state index contributed by atoms with van der Waals surface area (Å²) in [5, 5.41) is 8.23. The SMILES string of the molecule is O=C(N[S+]([O-])c1ccc(-n2cncn2)nc1)c1cnn2ccc(N3CCCC3)cc12. The van der Waals surface area contributed by atoms with Crippen molar-refractivity contribution >= 4 is 28.5 Å². The molecule has 5 heterocycles. The highest BCUT2D eigenvalue weighted by atomic mass is 32.2. The van der Waals surface area contributed by atoms with Crippen LogP contribution in [-0.2, 0) is 11.4 Å². The Bertz CT molecular complexity index is 1170. The summed E-state index contributed by atoms with van der Waals surface area (Å²) in [4.78, 5) is 23.5. The van der Waals surface area contributed by atoms with E-state index in [1.165, 1.54) is 42.6 Å². The number of hydrogen-bond acceptors (Lipinski definition) is 7. The fraction of sp³-hybridized carbons (Fsp3) is 0.211. The highest BCUT2D eigenvalue weighted by Gasteiger charge is 2.22. The van der Waals surface area contributed by atoms with Crippen molar-refractivity contribution in [3.05, 3.63) is 61.1 Å². The first-order valence-corrected chi connectivity index (χ1v) is 10.6. The zero-order valence-corrected chi connectivity index (χ0v) is 16.7. The first-order chi connectivity index (χ1) is 14.7. The van der Waals surface area contributed by atoms with Crippen LogP contribution in [0.4, 0.5) is 5.69 Å². The van der Waals surface area contributed by atoms with E-state index in [9.17, 15) is 9.35 Å². The van der Waals surface area contributed by atoms with Gasteiger partial charge in [-0.3, -0.25) is 4.79 Å². The van der Waals surface area contributed by atoms with E-state index in [2.05, 4.69) is 29.8 Å². The molecule has 5 rings (SSSR count). The summed E-state index contributed by atoms with van der Waals surface area (Å²) in [6.45, 7) is 2.01. The number of pyridine rings is 2. The van der Waals surface area contributed by atoms with Crippen molar-refractivity contribution in [2.75, 3.05) is 18.0 Å². The summed E-state index contributed by atoms with van der Waals surface area (Å²) in [6, 6.07) is 7.23. The summed E-state index contributed by atoms with van der Waals surface area (Å²) < 4.78 is 18.3. The van der Waals surface area contributed by atoms with Crippen molar-refractivity contribution in [2.24, 2.45) is 0 Å². The molecule has 0 radical (unpaired) electrons. The number of anilines is 1. The number of rotatable bonds is 5. The molecule has 1 amide bonds. The topological polar surface area (TPSA) is 116 Å². The molecule has 1 N–H and O–H groups in total. The molecule has 30 heavy (non-hydrogen) atoms. The zero-order valence-electron chi connectivity index (χ0n) is 15.9. The quantitative estimate of drug-likeness (QED) is 0.483. The van der Waals surface area contributed by atoms with Crippen molar-refractivity contribution in [3.8, 4) is 5.82 Å². The second-order valence-corrected chi connectivity index (χ2v) is 8.07. The third kappa shape index (κ3) is 3.48. The molecule has 0 aliphatic carbocycles. The fourth-order valence-electron chi connectivity index (χ4n) is 3.46. The number of carbonyl (C=O) groups excluding carboxylic acids is 1. The minimum Gasteiger partial charge on any atom is -0.588 e. The predicted molar refractivity (Wildman–Crippen MR) is 110 cm³/mol. The van der Waals surface area contributed by atoms with Gasteiger partial charge in [-0.1, -0.05) is 0 Å². The van der Waals surface area contributed by atoms with Crippen LogP contribution in [0.5, 0.6) is 0 Å². The van der Waals surface area contributed by atoms with Crippen LogP contribution in [0, 0.1) is 0 Å². The number of nitrogens with one attached hydrogen (secondary N) is 1. The molecule has 0 saturated carbocycles. The maximum Gasteiger partial charge on any atom is 0.296 e. The van der Waals surface area contributed by atoms with E-state index in [1.807, 2.05) is 18.3 Å². The largest absolute Gasteiger partial charge is 0.588 e. The predicted octanol–water partition coefficient (Wildman–Crippen LogP) is 1.36. The van der Waals surface area contributed by atoms with Gasteiger partial charge in [0.15, 0.2) is 10.7 Å². The second-order valence-electron chi connectivity index (χ2n) is 6.86. The minimum absolute atomic E-state index is 0.372. The van der Waals surface area contributed by atoms with Gasteiger partial charge in [-0.05, 0) is 31.0 Å². The Hall–Kier alpha value is -3.44. The van der Waals surface area contributed by atoms with Crippen LogP contribution in [0.25, 0.3) is 11.3 Å². The van der Waals surface area contributed by atoms with E-state index in [1.54, 1.807) is 16.6 Å². The van der Waals surface area contributed by atoms with Gasteiger partial charge in [0.1, 0.15) is 24.0 Å². The summed E-state index contributed by atoms with van der Waals surface area (Å²) in [6.07, 6.45) is 10.0. The van der Waals surface area contributed by atoms with E-state index in [-0.39, 0.29) is 0 Å². The zero-order chi connectivity index (χ0) is 20.5. The van der Waals surface area contributed by atoms with Gasteiger partial charge in [-0.25, -0.2) is 19.2 Å². The third-order valence-corrected chi connectivity index (χ3v) is 6.04. The molecule has 4 aromatic rings. The first-order valence-electron chi connectivity index (χ1n) is 9.45. The van der Waals surface area contributed by atoms with Crippen LogP contribution in [0.2, 0.25) is 0 Å². The average Bonchev–Trinajstić information content (AvgIpc) is 3.55. The number of amides is 1. The Morgan fingerprint density at radius 3 is 2.73 bits per heavy atom. The molecular weight excluding hydrogens is 404 g/mol. The monoisotopic (exact) mass is 422 g/mol. The molecule has 1 aliphatic rings. The Labute approximate surface area is 174 Å². The van der Waals surface area contributed by atoms with Gasteiger partial charge in [0, 0.05) is 31.0 Å². The van der Waals surface area contributed by atoms with Gasteiger partial charge in [0.05, 0.1) is 23.5 Å². The Morgan fingerprint density at radius 2 is 2.00 bits per heavy atom. The summed E-state index contributed by atoms with van der Waals surface area (Å²) in [7, 11) is 0. The van der Waals surface area contributed by atoms with Crippen LogP contribution < -0.4 is 9.62 Å². The third-order valence-electron chi connectivity index (χ3n) is 4.99. The van der Waals surface area contributed by atoms with E-state index in [0.717, 1.165) is 18.8 Å². The van der Waals surface area contributed by atoms with E-state index in [0.29, 0.717) is 21.8 Å². The van der Waals surface area contributed by atoms with Gasteiger partial charge >= 0.3 is 0 Å². The molecule has 10 nitrogen and oxygen atoms in total. The van der Waals surface area contributed by atoms with Crippen molar-refractivity contribution in [1.29, 1.82) is 0 Å². The molecule has 0 bridgehead atoms. The standard InChI is InChI=1S/C19H18N8O2S/c28-19(24-30(29)15-3-4-18(21-10-15)27-13-20-12-23-27)16-11-22-26-8-5-14(9-17(16)26)25-6-1-2-7-25/h3-5,8-13H,1-2,6-7H2,(H,24,28). The van der Waals surface area contributed by atoms with Crippen molar-refractivity contribution in [2.45, 2.75) is 17.7 Å². The maximum atomic E-state index is 12.8. The number of nitrogens with zero attached hydrogens (tertiary/aromatic N) is 7. The Morgan fingerprint density at radius 1 is 1.13 bits per heavy atom. The van der Waals surface area contributed by atoms with Crippen LogP contribution in [-0.4, -0.2) is 52.9 Å². The van der Waals surface area contributed by atoms with Crippen LogP contribution in [0.3, 0.4) is 0 Å². The molecule has 1 unspecified atom stereocenters. The van der Waals surface area contributed by atoms with Gasteiger partial charge in [0.2, 0.25) is 0 Å². The molecule has 1 atom stereocenters. The van der Waals surface area contributed by atoms with Crippen LogP contribution >= 0.6 is 0 Å². The molecule has 1 fully saturated rings. The highest BCUT2D eigenvalue weighted by molar-refractivity contribution is 7.90. The molecule has 11 heteroatoms. The van der Waals surface area contributed by atoms with E-state index >= 15 is 0 Å². The fourth-order valence-corrected chi connectivity index (χ4v) is 4.20. The smallest absolute Gasteiger partial charge is 0.296 e. The molecule has 1 aliphatic heterocycles. The lowest BCUT2D eigenvalue weighted by atomic mass is 10.2. The van der Waals surface area contributed by atoms with Crippen molar-refractivity contribution in [1.82, 2.24) is 34.1 Å². The lowest BCUT2D eigenvalue weighted by molar-refractivity contribution is 0.0983. The van der Waals surface area contributed by atoms with Crippen molar-refractivity contribution in [3.63, 3.8) is 0 Å². The normalized spacial score (nSPS) is 14.9. The number of hydrogen-bond donors (Lipinski definition) is 1. The number of aromatic nitrogens is 6. The number of carbonyl (C=O) groups is 1. The molecule has 0 spiro atoms. The number of fused-ring (bicyclic) bond motifs is 1. The summed E-state index contributed by atoms with van der Waals surface area (Å²) in [5.41, 5.74) is 2.11.